The topological polar surface area (TPSA) is 141 Å². The lowest BCUT2D eigenvalue weighted by Gasteiger charge is -2.23. The lowest BCUT2D eigenvalue weighted by Crippen LogP contribution is -2.41. The Balaban J connectivity index is 1.86. The molecule has 136 valence electrons. The van der Waals surface area contributed by atoms with Crippen molar-refractivity contribution in [1.29, 1.82) is 10.5 Å². The molecule has 27 heavy (non-hydrogen) atoms. The van der Waals surface area contributed by atoms with Gasteiger partial charge in [-0.1, -0.05) is 12.1 Å². The van der Waals surface area contributed by atoms with Crippen LogP contribution in [0.5, 0.6) is 0 Å². The first-order valence-corrected chi connectivity index (χ1v) is 8.24. The van der Waals surface area contributed by atoms with E-state index >= 15 is 0 Å². The first-order valence-electron chi connectivity index (χ1n) is 8.24. The van der Waals surface area contributed by atoms with E-state index in [1.807, 2.05) is 12.1 Å². The van der Waals surface area contributed by atoms with Gasteiger partial charge >= 0.3 is 6.03 Å². The number of amides is 3. The zero-order valence-electron chi connectivity index (χ0n) is 14.5. The molecule has 3 amide bonds. The number of hydrogen-bond acceptors (Lipinski definition) is 7. The Morgan fingerprint density at radius 3 is 2.81 bits per heavy atom. The monoisotopic (exact) mass is 364 g/mol. The molecule has 0 spiro atoms. The predicted octanol–water partition coefficient (Wildman–Crippen LogP) is 0.873. The summed E-state index contributed by atoms with van der Waals surface area (Å²) in [6, 6.07) is 10.4. The van der Waals surface area contributed by atoms with Gasteiger partial charge in [-0.25, -0.2) is 9.48 Å². The Kier molecular flexibility index (Phi) is 4.81. The van der Waals surface area contributed by atoms with Crippen molar-refractivity contribution in [3.8, 4) is 17.8 Å². The summed E-state index contributed by atoms with van der Waals surface area (Å²) in [5.41, 5.74) is -0.0545. The second-order valence-corrected chi connectivity index (χ2v) is 6.30. The van der Waals surface area contributed by atoms with Crippen LogP contribution in [0.15, 0.2) is 30.6 Å². The quantitative estimate of drug-likeness (QED) is 0.750. The van der Waals surface area contributed by atoms with Crippen molar-refractivity contribution < 1.29 is 9.59 Å². The zero-order chi connectivity index (χ0) is 19.4. The van der Waals surface area contributed by atoms with Gasteiger partial charge in [0.15, 0.2) is 0 Å². The number of aromatic nitrogens is 4. The van der Waals surface area contributed by atoms with E-state index in [4.69, 9.17) is 5.26 Å². The fraction of sp³-hybridized carbons (Fsp3) is 0.353. The molecule has 0 radical (unpaired) electrons. The molecule has 1 aliphatic heterocycles. The third kappa shape index (κ3) is 3.33. The molecule has 1 saturated heterocycles. The second kappa shape index (κ2) is 7.22. The highest BCUT2D eigenvalue weighted by molar-refractivity contribution is 6.07. The van der Waals surface area contributed by atoms with Crippen LogP contribution >= 0.6 is 0 Å². The van der Waals surface area contributed by atoms with Gasteiger partial charge in [-0.05, 0) is 41.5 Å². The van der Waals surface area contributed by atoms with Crippen molar-refractivity contribution in [3.63, 3.8) is 0 Å². The Labute approximate surface area is 155 Å². The molecular formula is C17H16N8O2. The molecular weight excluding hydrogens is 348 g/mol. The highest BCUT2D eigenvalue weighted by atomic mass is 16.2. The van der Waals surface area contributed by atoms with Gasteiger partial charge in [-0.2, -0.15) is 10.5 Å². The number of rotatable bonds is 6. The lowest BCUT2D eigenvalue weighted by atomic mass is 9.91. The average molecular weight is 364 g/mol. The molecule has 0 aliphatic carbocycles. The summed E-state index contributed by atoms with van der Waals surface area (Å²) >= 11 is 0. The number of nitrogens with zero attached hydrogens (tertiary/aromatic N) is 7. The largest absolute Gasteiger partial charge is 0.325 e. The predicted molar refractivity (Wildman–Crippen MR) is 90.7 cm³/mol. The van der Waals surface area contributed by atoms with Crippen LogP contribution in [0, 0.1) is 28.6 Å². The van der Waals surface area contributed by atoms with Crippen molar-refractivity contribution in [1.82, 2.24) is 30.4 Å². The van der Waals surface area contributed by atoms with Crippen molar-refractivity contribution in [2.45, 2.75) is 25.3 Å². The smallest absolute Gasteiger partial charge is 0.319 e. The number of nitriles is 2. The van der Waals surface area contributed by atoms with Crippen LogP contribution in [-0.2, 0) is 10.3 Å². The van der Waals surface area contributed by atoms with Crippen LogP contribution in [0.3, 0.4) is 0 Å². The summed E-state index contributed by atoms with van der Waals surface area (Å²) in [5, 5.41) is 31.6. The van der Waals surface area contributed by atoms with Gasteiger partial charge in [0, 0.05) is 13.0 Å². The summed E-state index contributed by atoms with van der Waals surface area (Å²) in [6.07, 6.45) is 1.91. The van der Waals surface area contributed by atoms with Gasteiger partial charge in [-0.3, -0.25) is 9.69 Å². The van der Waals surface area contributed by atoms with E-state index in [1.54, 1.807) is 31.2 Å². The van der Waals surface area contributed by atoms with Crippen molar-refractivity contribution >= 4 is 11.9 Å². The van der Waals surface area contributed by atoms with Crippen LogP contribution in [-0.4, -0.2) is 43.6 Å². The third-order valence-corrected chi connectivity index (χ3v) is 4.50. The van der Waals surface area contributed by atoms with Gasteiger partial charge in [0.05, 0.1) is 23.7 Å². The van der Waals surface area contributed by atoms with Gasteiger partial charge in [0.2, 0.25) is 0 Å². The van der Waals surface area contributed by atoms with Crippen LogP contribution in [0.1, 0.15) is 25.3 Å². The fourth-order valence-electron chi connectivity index (χ4n) is 2.95. The number of carbonyl (C=O) groups is 2. The summed E-state index contributed by atoms with van der Waals surface area (Å²) in [7, 11) is 0. The fourth-order valence-corrected chi connectivity index (χ4v) is 2.95. The normalized spacial score (nSPS) is 20.0. The van der Waals surface area contributed by atoms with Crippen LogP contribution in [0.2, 0.25) is 0 Å². The summed E-state index contributed by atoms with van der Waals surface area (Å²) in [4.78, 5) is 26.4. The summed E-state index contributed by atoms with van der Waals surface area (Å²) in [5.74, 6) is -1.03. The zero-order valence-corrected chi connectivity index (χ0v) is 14.5. The van der Waals surface area contributed by atoms with E-state index in [-0.39, 0.29) is 13.0 Å². The Bertz CT molecular complexity index is 943. The molecule has 0 saturated carbocycles. The molecule has 2 heterocycles. The molecule has 10 heteroatoms. The molecule has 1 fully saturated rings. The molecule has 0 bridgehead atoms. The van der Waals surface area contributed by atoms with E-state index in [0.29, 0.717) is 17.7 Å². The number of nitrogens with one attached hydrogen (secondary N) is 1. The SMILES string of the molecule is C[C@]1(c2cccc(-n3cnnn3)c2)NC(=O)N(C[C@H](C#N)CCC#N)C1=O. The number of imide groups is 1. The van der Waals surface area contributed by atoms with E-state index in [9.17, 15) is 14.9 Å². The lowest BCUT2D eigenvalue weighted by molar-refractivity contribution is -0.131. The summed E-state index contributed by atoms with van der Waals surface area (Å²) in [6.45, 7) is 1.56. The van der Waals surface area contributed by atoms with E-state index < -0.39 is 23.4 Å². The van der Waals surface area contributed by atoms with Gasteiger partial charge < -0.3 is 5.32 Å². The molecule has 2 atom stereocenters. The maximum absolute atomic E-state index is 13.0. The van der Waals surface area contributed by atoms with Crippen molar-refractivity contribution in [2.24, 2.45) is 5.92 Å². The van der Waals surface area contributed by atoms with E-state index in [2.05, 4.69) is 20.8 Å². The van der Waals surface area contributed by atoms with E-state index in [1.165, 1.54) is 11.0 Å². The molecule has 1 aromatic heterocycles. The minimum atomic E-state index is -1.27. The first-order chi connectivity index (χ1) is 13.0. The third-order valence-electron chi connectivity index (χ3n) is 4.50. The highest BCUT2D eigenvalue weighted by Gasteiger charge is 2.49. The Hall–Kier alpha value is -3.79. The molecule has 1 N–H and O–H groups in total. The molecule has 0 unspecified atom stereocenters. The van der Waals surface area contributed by atoms with Crippen molar-refractivity contribution in [2.75, 3.05) is 6.54 Å². The highest BCUT2D eigenvalue weighted by Crippen LogP contribution is 2.30. The summed E-state index contributed by atoms with van der Waals surface area (Å²) < 4.78 is 1.44. The second-order valence-electron chi connectivity index (χ2n) is 6.30. The van der Waals surface area contributed by atoms with Gasteiger partial charge in [-0.15, -0.1) is 5.10 Å². The van der Waals surface area contributed by atoms with Crippen LogP contribution in [0.4, 0.5) is 4.79 Å². The average Bonchev–Trinajstić information content (AvgIpc) is 3.28. The van der Waals surface area contributed by atoms with Crippen molar-refractivity contribution in [3.05, 3.63) is 36.2 Å². The number of benzene rings is 1. The number of urea groups is 1. The van der Waals surface area contributed by atoms with Gasteiger partial charge in [0.1, 0.15) is 11.9 Å². The number of tetrazole rings is 1. The van der Waals surface area contributed by atoms with Crippen LogP contribution in [0.25, 0.3) is 5.69 Å². The first kappa shape index (κ1) is 18.0. The number of carbonyl (C=O) groups excluding carboxylic acids is 2. The molecule has 2 aromatic rings. The van der Waals surface area contributed by atoms with Crippen LogP contribution < -0.4 is 5.32 Å². The Morgan fingerprint density at radius 2 is 2.15 bits per heavy atom. The molecule has 1 aliphatic rings. The minimum absolute atomic E-state index is 0.0505. The Morgan fingerprint density at radius 1 is 1.33 bits per heavy atom. The maximum atomic E-state index is 13.0. The molecule has 1 aromatic carbocycles. The number of hydrogen-bond donors (Lipinski definition) is 1. The van der Waals surface area contributed by atoms with Gasteiger partial charge in [0.25, 0.3) is 5.91 Å². The maximum Gasteiger partial charge on any atom is 0.325 e. The van der Waals surface area contributed by atoms with E-state index in [0.717, 1.165) is 4.90 Å². The molecule has 10 nitrogen and oxygen atoms in total. The molecule has 3 rings (SSSR count). The minimum Gasteiger partial charge on any atom is -0.319 e. The standard InChI is InChI=1S/C17H16N8O2/c1-17(13-5-2-6-14(8-13)25-11-20-22-23-25)15(26)24(16(27)21-17)10-12(9-19)4-3-7-18/h2,5-6,8,11-12H,3-4,10H2,1H3,(H,21,27)/t12-,17+/m0/s1.